The molecular formula is C24H34N4O2. The summed E-state index contributed by atoms with van der Waals surface area (Å²) in [6.45, 7) is 7.51. The van der Waals surface area contributed by atoms with Gasteiger partial charge in [-0.3, -0.25) is 0 Å². The van der Waals surface area contributed by atoms with E-state index in [0.717, 1.165) is 23.9 Å². The average molecular weight is 411 g/mol. The van der Waals surface area contributed by atoms with Crippen LogP contribution in [0.5, 0.6) is 0 Å². The number of carbonyl (C=O) groups is 1. The fraction of sp³-hybridized carbons (Fsp3) is 0.542. The van der Waals surface area contributed by atoms with Gasteiger partial charge in [-0.15, -0.1) is 0 Å². The Morgan fingerprint density at radius 2 is 1.67 bits per heavy atom. The lowest BCUT2D eigenvalue weighted by atomic mass is 10.1. The molecule has 0 fully saturated rings. The van der Waals surface area contributed by atoms with Crippen LogP contribution in [0.1, 0.15) is 76.1 Å². The lowest BCUT2D eigenvalue weighted by molar-refractivity contribution is 0.0501. The zero-order valence-electron chi connectivity index (χ0n) is 18.5. The van der Waals surface area contributed by atoms with Crippen LogP contribution in [0.25, 0.3) is 22.2 Å². The van der Waals surface area contributed by atoms with Gasteiger partial charge in [-0.1, -0.05) is 71.4 Å². The molecule has 30 heavy (non-hydrogen) atoms. The van der Waals surface area contributed by atoms with E-state index in [-0.39, 0.29) is 0 Å². The Morgan fingerprint density at radius 1 is 1.03 bits per heavy atom. The van der Waals surface area contributed by atoms with Crippen LogP contribution in [0.15, 0.2) is 24.3 Å². The van der Waals surface area contributed by atoms with Gasteiger partial charge in [-0.25, -0.2) is 14.8 Å². The highest BCUT2D eigenvalue weighted by Crippen LogP contribution is 2.29. The molecule has 162 valence electrons. The minimum atomic E-state index is -0.407. The first-order valence-corrected chi connectivity index (χ1v) is 11.2. The predicted molar refractivity (Wildman–Crippen MR) is 123 cm³/mol. The van der Waals surface area contributed by atoms with Crippen molar-refractivity contribution in [3.8, 4) is 0 Å². The molecule has 6 nitrogen and oxygen atoms in total. The molecule has 3 aromatic rings. The van der Waals surface area contributed by atoms with E-state index in [1.807, 2.05) is 28.8 Å². The van der Waals surface area contributed by atoms with Gasteiger partial charge in [0.15, 0.2) is 5.65 Å². The second-order valence-corrected chi connectivity index (χ2v) is 8.41. The first-order chi connectivity index (χ1) is 14.5. The lowest BCUT2D eigenvalue weighted by Gasteiger charge is -2.10. The third-order valence-electron chi connectivity index (χ3n) is 5.32. The zero-order valence-corrected chi connectivity index (χ0v) is 18.5. The number of ether oxygens (including phenoxy) is 1. The van der Waals surface area contributed by atoms with Crippen molar-refractivity contribution in [1.82, 2.24) is 14.5 Å². The average Bonchev–Trinajstić information content (AvgIpc) is 2.98. The topological polar surface area (TPSA) is 83.0 Å². The van der Waals surface area contributed by atoms with Crippen LogP contribution in [-0.4, -0.2) is 27.1 Å². The summed E-state index contributed by atoms with van der Waals surface area (Å²) in [5.74, 6) is 0.335. The van der Waals surface area contributed by atoms with E-state index in [0.29, 0.717) is 41.6 Å². The maximum absolute atomic E-state index is 12.9. The molecule has 0 amide bonds. The number of anilines is 1. The summed E-state index contributed by atoms with van der Waals surface area (Å²) in [6, 6.07) is 7.66. The fourth-order valence-corrected chi connectivity index (χ4v) is 3.76. The van der Waals surface area contributed by atoms with Gasteiger partial charge < -0.3 is 15.0 Å². The first-order valence-electron chi connectivity index (χ1n) is 11.2. The number of hydrogen-bond acceptors (Lipinski definition) is 5. The van der Waals surface area contributed by atoms with Crippen molar-refractivity contribution >= 4 is 34.0 Å². The molecule has 0 saturated heterocycles. The number of para-hydroxylation sites is 2. The van der Waals surface area contributed by atoms with E-state index in [9.17, 15) is 4.79 Å². The van der Waals surface area contributed by atoms with Gasteiger partial charge in [0.1, 0.15) is 16.9 Å². The first kappa shape index (κ1) is 22.1. The molecule has 0 spiro atoms. The SMILES string of the molecule is CCCCCCCCCOC(=O)c1c(N)n(CC(C)C)c2nc3ccccc3nc12. The number of nitrogens with two attached hydrogens (primary N) is 1. The number of unbranched alkanes of at least 4 members (excludes halogenated alkanes) is 6. The van der Waals surface area contributed by atoms with Crippen molar-refractivity contribution in [1.29, 1.82) is 0 Å². The molecule has 0 bridgehead atoms. The molecule has 0 atom stereocenters. The Balaban J connectivity index is 1.77. The van der Waals surface area contributed by atoms with Crippen molar-refractivity contribution < 1.29 is 9.53 Å². The van der Waals surface area contributed by atoms with Gasteiger partial charge in [0.25, 0.3) is 0 Å². The maximum Gasteiger partial charge on any atom is 0.344 e. The zero-order chi connectivity index (χ0) is 21.5. The number of fused-ring (bicyclic) bond motifs is 2. The monoisotopic (exact) mass is 410 g/mol. The number of benzene rings is 1. The summed E-state index contributed by atoms with van der Waals surface area (Å²) < 4.78 is 7.47. The normalized spacial score (nSPS) is 11.6. The minimum Gasteiger partial charge on any atom is -0.462 e. The van der Waals surface area contributed by atoms with Crippen LogP contribution in [0, 0.1) is 5.92 Å². The molecule has 0 aliphatic carbocycles. The van der Waals surface area contributed by atoms with Gasteiger partial charge >= 0.3 is 5.97 Å². The van der Waals surface area contributed by atoms with Crippen molar-refractivity contribution in [3.63, 3.8) is 0 Å². The largest absolute Gasteiger partial charge is 0.462 e. The van der Waals surface area contributed by atoms with Crippen LogP contribution in [0.3, 0.4) is 0 Å². The van der Waals surface area contributed by atoms with Crippen molar-refractivity contribution in [2.24, 2.45) is 5.92 Å². The Morgan fingerprint density at radius 3 is 2.33 bits per heavy atom. The van der Waals surface area contributed by atoms with E-state index in [1.54, 1.807) is 0 Å². The van der Waals surface area contributed by atoms with Gasteiger partial charge in [0.2, 0.25) is 0 Å². The quantitative estimate of drug-likeness (QED) is 0.322. The number of rotatable bonds is 11. The molecule has 0 aliphatic rings. The second-order valence-electron chi connectivity index (χ2n) is 8.41. The van der Waals surface area contributed by atoms with Gasteiger partial charge in [-0.2, -0.15) is 0 Å². The Labute approximate surface area is 178 Å². The standard InChI is InChI=1S/C24H34N4O2/c1-4-5-6-7-8-9-12-15-30-24(29)20-21-23(28(22(20)25)16-17(2)3)27-19-14-11-10-13-18(19)26-21/h10-11,13-14,17H,4-9,12,15-16,25H2,1-3H3. The third kappa shape index (κ3) is 5.10. The Kier molecular flexibility index (Phi) is 7.66. The highest BCUT2D eigenvalue weighted by atomic mass is 16.5. The summed E-state index contributed by atoms with van der Waals surface area (Å²) in [7, 11) is 0. The number of hydrogen-bond donors (Lipinski definition) is 1. The van der Waals surface area contributed by atoms with E-state index in [1.165, 1.54) is 32.1 Å². The van der Waals surface area contributed by atoms with Gasteiger partial charge in [0.05, 0.1) is 17.6 Å². The number of nitrogens with zero attached hydrogens (tertiary/aromatic N) is 3. The molecule has 2 heterocycles. The van der Waals surface area contributed by atoms with Crippen LogP contribution >= 0.6 is 0 Å². The summed E-state index contributed by atoms with van der Waals surface area (Å²) >= 11 is 0. The molecular weight excluding hydrogens is 376 g/mol. The minimum absolute atomic E-state index is 0.340. The van der Waals surface area contributed by atoms with Crippen molar-refractivity contribution in [3.05, 3.63) is 29.8 Å². The highest BCUT2D eigenvalue weighted by Gasteiger charge is 2.25. The van der Waals surface area contributed by atoms with E-state index in [2.05, 4.69) is 20.8 Å². The van der Waals surface area contributed by atoms with E-state index >= 15 is 0 Å². The van der Waals surface area contributed by atoms with Crippen molar-refractivity contribution in [2.45, 2.75) is 72.3 Å². The molecule has 0 unspecified atom stereocenters. The van der Waals surface area contributed by atoms with Crippen molar-refractivity contribution in [2.75, 3.05) is 12.3 Å². The van der Waals surface area contributed by atoms with Gasteiger partial charge in [0, 0.05) is 6.54 Å². The molecule has 2 aromatic heterocycles. The summed E-state index contributed by atoms with van der Waals surface area (Å²) in [4.78, 5) is 22.4. The third-order valence-corrected chi connectivity index (χ3v) is 5.32. The molecule has 1 aromatic carbocycles. The van der Waals surface area contributed by atoms with Crippen LogP contribution in [0.4, 0.5) is 5.82 Å². The number of esters is 1. The second kappa shape index (κ2) is 10.4. The fourth-order valence-electron chi connectivity index (χ4n) is 3.76. The molecule has 3 rings (SSSR count). The van der Waals surface area contributed by atoms with E-state index < -0.39 is 5.97 Å². The number of carbonyl (C=O) groups excluding carboxylic acids is 1. The Hall–Kier alpha value is -2.63. The smallest absolute Gasteiger partial charge is 0.344 e. The predicted octanol–water partition coefficient (Wildman–Crippen LogP) is 5.73. The number of nitrogen functional groups attached to an aromatic ring is 1. The molecule has 6 heteroatoms. The summed E-state index contributed by atoms with van der Waals surface area (Å²) in [5, 5.41) is 0. The molecule has 2 N–H and O–H groups in total. The molecule has 0 saturated carbocycles. The van der Waals surface area contributed by atoms with E-state index in [4.69, 9.17) is 20.4 Å². The van der Waals surface area contributed by atoms with Crippen LogP contribution in [-0.2, 0) is 11.3 Å². The maximum atomic E-state index is 12.9. The highest BCUT2D eigenvalue weighted by molar-refractivity contribution is 6.08. The summed E-state index contributed by atoms with van der Waals surface area (Å²) in [6.07, 6.45) is 8.22. The van der Waals surface area contributed by atoms with Gasteiger partial charge in [-0.05, 0) is 24.5 Å². The molecule has 0 radical (unpaired) electrons. The summed E-state index contributed by atoms with van der Waals surface area (Å²) in [5.41, 5.74) is 9.44. The molecule has 0 aliphatic heterocycles. The Bertz CT molecular complexity index is 994. The lowest BCUT2D eigenvalue weighted by Crippen LogP contribution is -2.12. The van der Waals surface area contributed by atoms with Crippen LogP contribution < -0.4 is 5.73 Å². The van der Waals surface area contributed by atoms with Crippen LogP contribution in [0.2, 0.25) is 0 Å². The number of aromatic nitrogens is 3.